The molecule has 96 valence electrons. The van der Waals surface area contributed by atoms with Crippen LogP contribution in [0, 0.1) is 0 Å². The first-order chi connectivity index (χ1) is 8.41. The highest BCUT2D eigenvalue weighted by atomic mass is 19.4. The van der Waals surface area contributed by atoms with Gasteiger partial charge < -0.3 is 0 Å². The Morgan fingerprint density at radius 1 is 1.17 bits per heavy atom. The zero-order valence-electron chi connectivity index (χ0n) is 9.45. The van der Waals surface area contributed by atoms with Gasteiger partial charge in [0, 0.05) is 12.0 Å². The van der Waals surface area contributed by atoms with Gasteiger partial charge in [0.25, 0.3) is 0 Å². The van der Waals surface area contributed by atoms with E-state index in [1.165, 1.54) is 0 Å². The van der Waals surface area contributed by atoms with Crippen LogP contribution in [0.5, 0.6) is 0 Å². The molecule has 1 aromatic rings. The van der Waals surface area contributed by atoms with E-state index in [2.05, 4.69) is 4.74 Å². The first-order valence-corrected chi connectivity index (χ1v) is 5.39. The Hall–Kier alpha value is -1.59. The van der Waals surface area contributed by atoms with Crippen LogP contribution in [0.15, 0.2) is 48.6 Å². The van der Waals surface area contributed by atoms with Crippen LogP contribution < -0.4 is 5.73 Å². The fourth-order valence-electron chi connectivity index (χ4n) is 1.92. The summed E-state index contributed by atoms with van der Waals surface area (Å²) in [7, 11) is 0. The van der Waals surface area contributed by atoms with Crippen molar-refractivity contribution < 1.29 is 17.9 Å². The SMILES string of the molecule is NC1(OC(F)(F)F)CC=CC=C1c1ccccc1. The summed E-state index contributed by atoms with van der Waals surface area (Å²) in [6.07, 6.45) is -0.0169. The number of rotatable bonds is 2. The van der Waals surface area contributed by atoms with Gasteiger partial charge in [-0.2, -0.15) is 0 Å². The van der Waals surface area contributed by atoms with E-state index in [0.717, 1.165) is 0 Å². The monoisotopic (exact) mass is 255 g/mol. The van der Waals surface area contributed by atoms with Crippen molar-refractivity contribution in [3.05, 3.63) is 54.1 Å². The predicted octanol–water partition coefficient (Wildman–Crippen LogP) is 3.22. The number of hydrogen-bond donors (Lipinski definition) is 1. The first kappa shape index (κ1) is 12.9. The van der Waals surface area contributed by atoms with E-state index in [1.807, 2.05) is 0 Å². The summed E-state index contributed by atoms with van der Waals surface area (Å²) in [5.74, 6) is 0. The molecule has 0 heterocycles. The second-order valence-corrected chi connectivity index (χ2v) is 4.02. The molecule has 0 aromatic heterocycles. The lowest BCUT2D eigenvalue weighted by molar-refractivity contribution is -0.355. The second-order valence-electron chi connectivity index (χ2n) is 4.02. The molecule has 18 heavy (non-hydrogen) atoms. The zero-order valence-corrected chi connectivity index (χ0v) is 9.45. The lowest BCUT2D eigenvalue weighted by atomic mass is 9.89. The maximum absolute atomic E-state index is 12.4. The van der Waals surface area contributed by atoms with E-state index < -0.39 is 12.1 Å². The van der Waals surface area contributed by atoms with Gasteiger partial charge in [0.05, 0.1) is 0 Å². The lowest BCUT2D eigenvalue weighted by Crippen LogP contribution is -2.48. The van der Waals surface area contributed by atoms with Gasteiger partial charge in [-0.3, -0.25) is 10.5 Å². The highest BCUT2D eigenvalue weighted by Gasteiger charge is 2.43. The number of allylic oxidation sites excluding steroid dienone is 2. The molecule has 1 unspecified atom stereocenters. The van der Waals surface area contributed by atoms with Crippen molar-refractivity contribution in [1.29, 1.82) is 0 Å². The average Bonchev–Trinajstić information content (AvgIpc) is 2.27. The van der Waals surface area contributed by atoms with Gasteiger partial charge in [0.2, 0.25) is 0 Å². The van der Waals surface area contributed by atoms with Crippen LogP contribution >= 0.6 is 0 Å². The van der Waals surface area contributed by atoms with E-state index in [-0.39, 0.29) is 6.42 Å². The molecule has 2 nitrogen and oxygen atoms in total. The van der Waals surface area contributed by atoms with Crippen LogP contribution in [0.1, 0.15) is 12.0 Å². The molecule has 0 spiro atoms. The Bertz CT molecular complexity index is 479. The number of ether oxygens (including phenoxy) is 1. The molecule has 1 aromatic carbocycles. The molecule has 0 aliphatic heterocycles. The van der Waals surface area contributed by atoms with Crippen molar-refractivity contribution in [3.8, 4) is 0 Å². The summed E-state index contributed by atoms with van der Waals surface area (Å²) in [4.78, 5) is 0. The van der Waals surface area contributed by atoms with E-state index in [4.69, 9.17) is 5.73 Å². The Kier molecular flexibility index (Phi) is 3.28. The standard InChI is InChI=1S/C13H12F3NO/c14-13(15,16)18-12(17)9-5-4-8-11(12)10-6-2-1-3-7-10/h1-8H,9,17H2. The maximum atomic E-state index is 12.4. The minimum Gasteiger partial charge on any atom is -0.299 e. The molecule has 2 N–H and O–H groups in total. The summed E-state index contributed by atoms with van der Waals surface area (Å²) >= 11 is 0. The number of benzene rings is 1. The second kappa shape index (κ2) is 4.59. The Morgan fingerprint density at radius 2 is 1.83 bits per heavy atom. The molecule has 2 rings (SSSR count). The van der Waals surface area contributed by atoms with E-state index in [0.29, 0.717) is 11.1 Å². The molecule has 0 amide bonds. The number of hydrogen-bond acceptors (Lipinski definition) is 2. The Labute approximate surface area is 103 Å². The predicted molar refractivity (Wildman–Crippen MR) is 62.2 cm³/mol. The van der Waals surface area contributed by atoms with E-state index in [1.54, 1.807) is 48.6 Å². The summed E-state index contributed by atoms with van der Waals surface area (Å²) < 4.78 is 41.4. The van der Waals surface area contributed by atoms with Crippen LogP contribution in [-0.4, -0.2) is 12.1 Å². The molecule has 0 saturated heterocycles. The quantitative estimate of drug-likeness (QED) is 0.823. The van der Waals surface area contributed by atoms with Gasteiger partial charge >= 0.3 is 6.36 Å². The minimum atomic E-state index is -4.77. The zero-order chi connectivity index (χ0) is 13.2. The Balaban J connectivity index is 2.37. The van der Waals surface area contributed by atoms with Crippen molar-refractivity contribution in [2.75, 3.05) is 0 Å². The highest BCUT2D eigenvalue weighted by molar-refractivity contribution is 5.74. The fraction of sp³-hybridized carbons (Fsp3) is 0.231. The molecule has 5 heteroatoms. The maximum Gasteiger partial charge on any atom is 0.524 e. The smallest absolute Gasteiger partial charge is 0.299 e. The summed E-state index contributed by atoms with van der Waals surface area (Å²) in [5.41, 5.74) is 4.83. The van der Waals surface area contributed by atoms with Crippen LogP contribution in [0.4, 0.5) is 13.2 Å². The van der Waals surface area contributed by atoms with Gasteiger partial charge in [-0.25, -0.2) is 0 Å². The van der Waals surface area contributed by atoms with Crippen LogP contribution in [-0.2, 0) is 4.74 Å². The highest BCUT2D eigenvalue weighted by Crippen LogP contribution is 2.37. The van der Waals surface area contributed by atoms with Gasteiger partial charge in [-0.15, -0.1) is 13.2 Å². The summed E-state index contributed by atoms with van der Waals surface area (Å²) in [5, 5.41) is 0. The summed E-state index contributed by atoms with van der Waals surface area (Å²) in [6.45, 7) is 0. The van der Waals surface area contributed by atoms with Gasteiger partial charge in [-0.1, -0.05) is 48.6 Å². The molecule has 0 radical (unpaired) electrons. The van der Waals surface area contributed by atoms with Crippen molar-refractivity contribution in [2.45, 2.75) is 18.5 Å². The molecule has 0 bridgehead atoms. The van der Waals surface area contributed by atoms with E-state index >= 15 is 0 Å². The first-order valence-electron chi connectivity index (χ1n) is 5.39. The molecular formula is C13H12F3NO. The molecule has 1 aliphatic rings. The average molecular weight is 255 g/mol. The van der Waals surface area contributed by atoms with Crippen LogP contribution in [0.3, 0.4) is 0 Å². The third kappa shape index (κ3) is 2.80. The Morgan fingerprint density at radius 3 is 2.44 bits per heavy atom. The lowest BCUT2D eigenvalue weighted by Gasteiger charge is -2.33. The molecule has 1 atom stereocenters. The molecule has 1 aliphatic carbocycles. The topological polar surface area (TPSA) is 35.2 Å². The van der Waals surface area contributed by atoms with Crippen LogP contribution in [0.2, 0.25) is 0 Å². The number of nitrogens with two attached hydrogens (primary N) is 1. The number of alkyl halides is 3. The largest absolute Gasteiger partial charge is 0.524 e. The van der Waals surface area contributed by atoms with Crippen molar-refractivity contribution >= 4 is 5.57 Å². The van der Waals surface area contributed by atoms with Crippen molar-refractivity contribution in [3.63, 3.8) is 0 Å². The number of halogens is 3. The van der Waals surface area contributed by atoms with Crippen molar-refractivity contribution in [1.82, 2.24) is 0 Å². The van der Waals surface area contributed by atoms with Crippen molar-refractivity contribution in [2.24, 2.45) is 5.73 Å². The third-order valence-corrected chi connectivity index (χ3v) is 2.66. The van der Waals surface area contributed by atoms with Gasteiger partial charge in [0.15, 0.2) is 5.72 Å². The molecular weight excluding hydrogens is 243 g/mol. The third-order valence-electron chi connectivity index (χ3n) is 2.66. The van der Waals surface area contributed by atoms with Gasteiger partial charge in [-0.05, 0) is 5.56 Å². The fourth-order valence-corrected chi connectivity index (χ4v) is 1.92. The minimum absolute atomic E-state index is 0.0206. The van der Waals surface area contributed by atoms with Crippen LogP contribution in [0.25, 0.3) is 5.57 Å². The van der Waals surface area contributed by atoms with E-state index in [9.17, 15) is 13.2 Å². The molecule has 0 saturated carbocycles. The molecule has 0 fully saturated rings. The summed E-state index contributed by atoms with van der Waals surface area (Å²) in [6, 6.07) is 8.66. The normalized spacial score (nSPS) is 23.9. The van der Waals surface area contributed by atoms with Gasteiger partial charge in [0.1, 0.15) is 0 Å².